The number of hydrogen-bond acceptors (Lipinski definition) is 1. The fraction of sp³-hybridized carbons (Fsp3) is 0.0833. The molecule has 0 N–H and O–H groups in total. The third kappa shape index (κ3) is 2.23. The molecule has 15 heavy (non-hydrogen) atoms. The van der Waals surface area contributed by atoms with Crippen LogP contribution in [0.5, 0.6) is 0 Å². The predicted molar refractivity (Wildman–Crippen MR) is 62.1 cm³/mol. The number of hydrogen-bond donors (Lipinski definition) is 0. The Kier molecular flexibility index (Phi) is 2.82. The lowest BCUT2D eigenvalue weighted by Crippen LogP contribution is -1.86. The first-order valence-corrected chi connectivity index (χ1v) is 5.34. The van der Waals surface area contributed by atoms with Crippen LogP contribution in [0.25, 0.3) is 11.1 Å². The van der Waals surface area contributed by atoms with Crippen molar-refractivity contribution in [3.63, 3.8) is 0 Å². The summed E-state index contributed by atoms with van der Waals surface area (Å²) in [5.41, 5.74) is 2.99. The molecule has 3 heteroatoms. The van der Waals surface area contributed by atoms with Gasteiger partial charge in [0.2, 0.25) is 0 Å². The molecule has 0 aliphatic heterocycles. The molecular formula is C12H9BrFN. The van der Waals surface area contributed by atoms with Gasteiger partial charge in [-0.25, -0.2) is 9.37 Å². The van der Waals surface area contributed by atoms with Crippen LogP contribution in [0.2, 0.25) is 0 Å². The molecule has 0 bridgehead atoms. The molecular weight excluding hydrogens is 257 g/mol. The van der Waals surface area contributed by atoms with Gasteiger partial charge in [0.15, 0.2) is 0 Å². The summed E-state index contributed by atoms with van der Waals surface area (Å²) in [7, 11) is 0. The number of aryl methyl sites for hydroxylation is 1. The van der Waals surface area contributed by atoms with Crippen LogP contribution in [0.1, 0.15) is 5.56 Å². The number of pyridine rings is 1. The molecule has 76 valence electrons. The number of halogens is 2. The minimum absolute atomic E-state index is 0.204. The highest BCUT2D eigenvalue weighted by molar-refractivity contribution is 9.10. The fourth-order valence-corrected chi connectivity index (χ4v) is 1.89. The van der Waals surface area contributed by atoms with E-state index in [2.05, 4.69) is 20.9 Å². The van der Waals surface area contributed by atoms with Crippen molar-refractivity contribution in [2.45, 2.75) is 6.92 Å². The quantitative estimate of drug-likeness (QED) is 0.712. The second-order valence-corrected chi connectivity index (χ2v) is 4.14. The zero-order chi connectivity index (χ0) is 10.8. The third-order valence-corrected chi connectivity index (χ3v) is 2.66. The van der Waals surface area contributed by atoms with Gasteiger partial charge in [0, 0.05) is 6.20 Å². The van der Waals surface area contributed by atoms with E-state index in [1.807, 2.05) is 19.1 Å². The van der Waals surface area contributed by atoms with Crippen molar-refractivity contribution in [2.75, 3.05) is 0 Å². The molecule has 0 atom stereocenters. The van der Waals surface area contributed by atoms with Crippen molar-refractivity contribution in [1.29, 1.82) is 0 Å². The zero-order valence-electron chi connectivity index (χ0n) is 8.17. The molecule has 0 saturated heterocycles. The maximum absolute atomic E-state index is 12.9. The summed E-state index contributed by atoms with van der Waals surface area (Å²) in [4.78, 5) is 4.06. The van der Waals surface area contributed by atoms with Crippen LogP contribution in [0.3, 0.4) is 0 Å². The van der Waals surface area contributed by atoms with E-state index < -0.39 is 0 Å². The van der Waals surface area contributed by atoms with Crippen molar-refractivity contribution in [3.05, 3.63) is 52.5 Å². The lowest BCUT2D eigenvalue weighted by molar-refractivity contribution is 0.627. The Morgan fingerprint density at radius 2 is 2.00 bits per heavy atom. The van der Waals surface area contributed by atoms with Crippen LogP contribution in [-0.4, -0.2) is 4.98 Å². The van der Waals surface area contributed by atoms with Gasteiger partial charge >= 0.3 is 0 Å². The van der Waals surface area contributed by atoms with Crippen LogP contribution < -0.4 is 0 Å². The normalized spacial score (nSPS) is 10.3. The van der Waals surface area contributed by atoms with E-state index in [1.54, 1.807) is 12.3 Å². The minimum Gasteiger partial charge on any atom is -0.249 e. The molecule has 1 heterocycles. The summed E-state index contributed by atoms with van der Waals surface area (Å²) >= 11 is 3.31. The highest BCUT2D eigenvalue weighted by atomic mass is 79.9. The molecule has 0 fully saturated rings. The number of nitrogens with zero attached hydrogens (tertiary/aromatic N) is 1. The van der Waals surface area contributed by atoms with Crippen LogP contribution >= 0.6 is 15.9 Å². The fourth-order valence-electron chi connectivity index (χ4n) is 1.52. The Balaban J connectivity index is 2.54. The molecule has 1 aromatic heterocycles. The molecule has 0 unspecified atom stereocenters. The molecule has 0 saturated carbocycles. The molecule has 0 amide bonds. The van der Waals surface area contributed by atoms with Gasteiger partial charge in [-0.1, -0.05) is 6.07 Å². The molecule has 0 spiro atoms. The summed E-state index contributed by atoms with van der Waals surface area (Å²) in [6.45, 7) is 1.90. The Morgan fingerprint density at radius 3 is 2.67 bits per heavy atom. The van der Waals surface area contributed by atoms with Gasteiger partial charge in [0.25, 0.3) is 0 Å². The van der Waals surface area contributed by atoms with Gasteiger partial charge in [-0.3, -0.25) is 0 Å². The van der Waals surface area contributed by atoms with E-state index in [4.69, 9.17) is 0 Å². The van der Waals surface area contributed by atoms with Crippen LogP contribution in [0.4, 0.5) is 4.39 Å². The maximum atomic E-state index is 12.9. The zero-order valence-corrected chi connectivity index (χ0v) is 9.75. The van der Waals surface area contributed by atoms with Crippen molar-refractivity contribution < 1.29 is 4.39 Å². The summed E-state index contributed by atoms with van der Waals surface area (Å²) in [6, 6.07) is 8.61. The molecule has 1 aromatic carbocycles. The van der Waals surface area contributed by atoms with Gasteiger partial charge in [-0.2, -0.15) is 0 Å². The number of aromatic nitrogens is 1. The van der Waals surface area contributed by atoms with Crippen molar-refractivity contribution in [2.24, 2.45) is 0 Å². The number of benzene rings is 1. The summed E-state index contributed by atoms with van der Waals surface area (Å²) in [6.07, 6.45) is 1.72. The second kappa shape index (κ2) is 4.11. The van der Waals surface area contributed by atoms with Crippen LogP contribution in [0.15, 0.2) is 41.1 Å². The summed E-state index contributed by atoms with van der Waals surface area (Å²) in [5, 5.41) is 0. The molecule has 1 nitrogen and oxygen atoms in total. The average Bonchev–Trinajstić information content (AvgIpc) is 2.17. The van der Waals surface area contributed by atoms with E-state index in [0.717, 1.165) is 21.3 Å². The predicted octanol–water partition coefficient (Wildman–Crippen LogP) is 3.96. The highest BCUT2D eigenvalue weighted by Gasteiger charge is 2.03. The summed E-state index contributed by atoms with van der Waals surface area (Å²) < 4.78 is 13.7. The second-order valence-electron chi connectivity index (χ2n) is 3.33. The average molecular weight is 266 g/mol. The van der Waals surface area contributed by atoms with Gasteiger partial charge in [-0.05, 0) is 63.8 Å². The Morgan fingerprint density at radius 1 is 1.20 bits per heavy atom. The first kappa shape index (κ1) is 10.3. The standard InChI is InChI=1S/C12H9BrFN/c1-8-6-10(14)2-3-11(8)9-4-5-15-12(13)7-9/h2-7H,1H3. The minimum atomic E-state index is -0.204. The van der Waals surface area contributed by atoms with E-state index in [9.17, 15) is 4.39 Å². The Labute approximate surface area is 96.1 Å². The van der Waals surface area contributed by atoms with Crippen LogP contribution in [-0.2, 0) is 0 Å². The third-order valence-electron chi connectivity index (χ3n) is 2.23. The first-order valence-electron chi connectivity index (χ1n) is 4.55. The van der Waals surface area contributed by atoms with Crippen molar-refractivity contribution >= 4 is 15.9 Å². The number of rotatable bonds is 1. The lowest BCUT2D eigenvalue weighted by Gasteiger charge is -2.05. The van der Waals surface area contributed by atoms with E-state index >= 15 is 0 Å². The maximum Gasteiger partial charge on any atom is 0.123 e. The van der Waals surface area contributed by atoms with Gasteiger partial charge in [0.1, 0.15) is 10.4 Å². The first-order chi connectivity index (χ1) is 7.16. The lowest BCUT2D eigenvalue weighted by atomic mass is 10.0. The van der Waals surface area contributed by atoms with Crippen molar-refractivity contribution in [3.8, 4) is 11.1 Å². The summed E-state index contributed by atoms with van der Waals surface area (Å²) in [5.74, 6) is -0.204. The Hall–Kier alpha value is -1.22. The van der Waals surface area contributed by atoms with E-state index in [1.165, 1.54) is 12.1 Å². The molecule has 2 rings (SSSR count). The SMILES string of the molecule is Cc1cc(F)ccc1-c1ccnc(Br)c1. The topological polar surface area (TPSA) is 12.9 Å². The monoisotopic (exact) mass is 265 g/mol. The Bertz CT molecular complexity index is 497. The van der Waals surface area contributed by atoms with Gasteiger partial charge in [-0.15, -0.1) is 0 Å². The largest absolute Gasteiger partial charge is 0.249 e. The molecule has 0 aliphatic rings. The van der Waals surface area contributed by atoms with E-state index in [-0.39, 0.29) is 5.82 Å². The van der Waals surface area contributed by atoms with E-state index in [0.29, 0.717) is 0 Å². The van der Waals surface area contributed by atoms with Crippen LogP contribution in [0, 0.1) is 12.7 Å². The van der Waals surface area contributed by atoms with Gasteiger partial charge < -0.3 is 0 Å². The van der Waals surface area contributed by atoms with Gasteiger partial charge in [0.05, 0.1) is 0 Å². The molecule has 2 aromatic rings. The highest BCUT2D eigenvalue weighted by Crippen LogP contribution is 2.25. The van der Waals surface area contributed by atoms with Crippen molar-refractivity contribution in [1.82, 2.24) is 4.98 Å². The molecule has 0 aliphatic carbocycles. The molecule has 0 radical (unpaired) electrons. The smallest absolute Gasteiger partial charge is 0.123 e.